The van der Waals surface area contributed by atoms with Gasteiger partial charge in [-0.05, 0) is 47.7 Å². The summed E-state index contributed by atoms with van der Waals surface area (Å²) in [5, 5.41) is 3.45. The van der Waals surface area contributed by atoms with Crippen LogP contribution in [0.25, 0.3) is 0 Å². The van der Waals surface area contributed by atoms with Gasteiger partial charge < -0.3 is 9.73 Å². The van der Waals surface area contributed by atoms with Crippen molar-refractivity contribution >= 4 is 0 Å². The van der Waals surface area contributed by atoms with Gasteiger partial charge in [-0.1, -0.05) is 0 Å². The van der Waals surface area contributed by atoms with Gasteiger partial charge in [0.2, 0.25) is 0 Å². The predicted octanol–water partition coefficient (Wildman–Crippen LogP) is 3.01. The summed E-state index contributed by atoms with van der Waals surface area (Å²) in [5.74, 6) is 1.05. The van der Waals surface area contributed by atoms with Gasteiger partial charge in [-0.3, -0.25) is 4.90 Å². The van der Waals surface area contributed by atoms with Gasteiger partial charge in [0.1, 0.15) is 5.76 Å². The van der Waals surface area contributed by atoms with Crippen LogP contribution in [0.15, 0.2) is 16.7 Å². The lowest BCUT2D eigenvalue weighted by atomic mass is 10.1. The van der Waals surface area contributed by atoms with Gasteiger partial charge in [0, 0.05) is 23.7 Å². The minimum atomic E-state index is 0.119. The van der Waals surface area contributed by atoms with Gasteiger partial charge >= 0.3 is 0 Å². The Kier molecular flexibility index (Phi) is 4.78. The van der Waals surface area contributed by atoms with Crippen molar-refractivity contribution in [3.8, 4) is 0 Å². The fraction of sp³-hybridized carbons (Fsp3) is 0.714. The maximum absolute atomic E-state index is 5.55. The highest BCUT2D eigenvalue weighted by Gasteiger charge is 2.14. The molecule has 1 rings (SSSR count). The van der Waals surface area contributed by atoms with E-state index >= 15 is 0 Å². The van der Waals surface area contributed by atoms with Crippen LogP contribution in [0, 0.1) is 0 Å². The third kappa shape index (κ3) is 4.92. The Morgan fingerprint density at radius 2 is 2.00 bits per heavy atom. The predicted molar refractivity (Wildman–Crippen MR) is 71.9 cm³/mol. The number of nitrogens with one attached hydrogen (secondary N) is 1. The van der Waals surface area contributed by atoms with E-state index in [0.717, 1.165) is 18.8 Å². The molecule has 0 unspecified atom stereocenters. The molecular formula is C14H26N2O. The van der Waals surface area contributed by atoms with E-state index in [2.05, 4.69) is 57.9 Å². The lowest BCUT2D eigenvalue weighted by Crippen LogP contribution is -2.35. The van der Waals surface area contributed by atoms with Crippen molar-refractivity contribution in [2.24, 2.45) is 0 Å². The van der Waals surface area contributed by atoms with Crippen LogP contribution in [-0.2, 0) is 13.1 Å². The molecule has 0 aromatic carbocycles. The Morgan fingerprint density at radius 1 is 1.35 bits per heavy atom. The van der Waals surface area contributed by atoms with E-state index < -0.39 is 0 Å². The highest BCUT2D eigenvalue weighted by Crippen LogP contribution is 2.15. The first-order valence-corrected chi connectivity index (χ1v) is 6.30. The topological polar surface area (TPSA) is 28.4 Å². The van der Waals surface area contributed by atoms with E-state index in [1.807, 2.05) is 0 Å². The van der Waals surface area contributed by atoms with Crippen molar-refractivity contribution in [1.82, 2.24) is 10.2 Å². The molecule has 0 aliphatic heterocycles. The van der Waals surface area contributed by atoms with Crippen molar-refractivity contribution in [1.29, 1.82) is 0 Å². The molecule has 17 heavy (non-hydrogen) atoms. The number of hydrogen-bond donors (Lipinski definition) is 1. The summed E-state index contributed by atoms with van der Waals surface area (Å²) in [7, 11) is 2.14. The summed E-state index contributed by atoms with van der Waals surface area (Å²) in [5.41, 5.74) is 1.39. The second-order valence-corrected chi connectivity index (χ2v) is 5.98. The average Bonchev–Trinajstić information content (AvgIpc) is 2.61. The maximum atomic E-state index is 5.55. The molecule has 0 spiro atoms. The quantitative estimate of drug-likeness (QED) is 0.854. The minimum Gasteiger partial charge on any atom is -0.468 e. The Hall–Kier alpha value is -0.800. The molecular weight excluding hydrogens is 212 g/mol. The molecule has 3 nitrogen and oxygen atoms in total. The molecule has 0 fully saturated rings. The molecule has 1 aromatic rings. The van der Waals surface area contributed by atoms with Crippen LogP contribution in [-0.4, -0.2) is 23.5 Å². The zero-order chi connectivity index (χ0) is 13.1. The third-order valence-electron chi connectivity index (χ3n) is 2.92. The van der Waals surface area contributed by atoms with Crippen LogP contribution in [0.1, 0.15) is 45.9 Å². The van der Waals surface area contributed by atoms with Crippen molar-refractivity contribution in [2.75, 3.05) is 7.05 Å². The second kappa shape index (κ2) is 5.69. The Morgan fingerprint density at radius 3 is 2.53 bits per heavy atom. The normalized spacial score (nSPS) is 12.7. The van der Waals surface area contributed by atoms with Crippen LogP contribution in [0.4, 0.5) is 0 Å². The monoisotopic (exact) mass is 238 g/mol. The van der Waals surface area contributed by atoms with Crippen molar-refractivity contribution in [3.05, 3.63) is 23.7 Å². The standard InChI is InChI=1S/C14H26N2O/c1-11(2)16(6)10-12-7-8-17-13(12)9-15-14(3,4)5/h7-8,11,15H,9-10H2,1-6H3. The number of rotatable bonds is 5. The van der Waals surface area contributed by atoms with Crippen LogP contribution in [0.2, 0.25) is 0 Å². The summed E-state index contributed by atoms with van der Waals surface area (Å²) in [6.45, 7) is 12.6. The van der Waals surface area contributed by atoms with Gasteiger partial charge in [-0.15, -0.1) is 0 Å². The molecule has 0 saturated carbocycles. The summed E-state index contributed by atoms with van der Waals surface area (Å²) in [6, 6.07) is 2.62. The highest BCUT2D eigenvalue weighted by atomic mass is 16.3. The Balaban J connectivity index is 2.60. The summed E-state index contributed by atoms with van der Waals surface area (Å²) in [4.78, 5) is 2.31. The minimum absolute atomic E-state index is 0.119. The summed E-state index contributed by atoms with van der Waals surface area (Å²) in [6.07, 6.45) is 1.78. The largest absolute Gasteiger partial charge is 0.468 e. The molecule has 0 atom stereocenters. The lowest BCUT2D eigenvalue weighted by Gasteiger charge is -2.22. The third-order valence-corrected chi connectivity index (χ3v) is 2.92. The number of hydrogen-bond acceptors (Lipinski definition) is 3. The zero-order valence-corrected chi connectivity index (χ0v) is 12.0. The average molecular weight is 238 g/mol. The van der Waals surface area contributed by atoms with Crippen molar-refractivity contribution in [3.63, 3.8) is 0 Å². The van der Waals surface area contributed by atoms with Crippen molar-refractivity contribution < 1.29 is 4.42 Å². The number of nitrogens with zero attached hydrogens (tertiary/aromatic N) is 1. The van der Waals surface area contributed by atoms with E-state index in [0.29, 0.717) is 6.04 Å². The molecule has 1 heterocycles. The molecule has 0 amide bonds. The Bertz CT molecular complexity index is 336. The molecule has 98 valence electrons. The van der Waals surface area contributed by atoms with Gasteiger partial charge in [-0.25, -0.2) is 0 Å². The van der Waals surface area contributed by atoms with Crippen LogP contribution in [0.3, 0.4) is 0 Å². The van der Waals surface area contributed by atoms with Crippen molar-refractivity contribution in [2.45, 2.75) is 59.3 Å². The van der Waals surface area contributed by atoms with Crippen LogP contribution >= 0.6 is 0 Å². The van der Waals surface area contributed by atoms with E-state index in [9.17, 15) is 0 Å². The smallest absolute Gasteiger partial charge is 0.122 e. The summed E-state index contributed by atoms with van der Waals surface area (Å²) < 4.78 is 5.55. The lowest BCUT2D eigenvalue weighted by molar-refractivity contribution is 0.262. The SMILES string of the molecule is CC(C)N(C)Cc1ccoc1CNC(C)(C)C. The summed E-state index contributed by atoms with van der Waals surface area (Å²) >= 11 is 0. The highest BCUT2D eigenvalue weighted by molar-refractivity contribution is 5.17. The Labute approximate surface area is 105 Å². The first-order valence-electron chi connectivity index (χ1n) is 6.30. The molecule has 1 N–H and O–H groups in total. The van der Waals surface area contributed by atoms with Gasteiger partial charge in [0.25, 0.3) is 0 Å². The van der Waals surface area contributed by atoms with E-state index in [4.69, 9.17) is 4.42 Å². The fourth-order valence-electron chi connectivity index (χ4n) is 1.46. The van der Waals surface area contributed by atoms with Gasteiger partial charge in [-0.2, -0.15) is 0 Å². The molecule has 0 radical (unpaired) electrons. The maximum Gasteiger partial charge on any atom is 0.122 e. The fourth-order valence-corrected chi connectivity index (χ4v) is 1.46. The van der Waals surface area contributed by atoms with Gasteiger partial charge in [0.05, 0.1) is 12.8 Å². The molecule has 3 heteroatoms. The second-order valence-electron chi connectivity index (χ2n) is 5.98. The van der Waals surface area contributed by atoms with Crippen LogP contribution < -0.4 is 5.32 Å². The van der Waals surface area contributed by atoms with E-state index in [-0.39, 0.29) is 5.54 Å². The molecule has 0 aliphatic rings. The van der Waals surface area contributed by atoms with E-state index in [1.165, 1.54) is 5.56 Å². The molecule has 0 aliphatic carbocycles. The zero-order valence-electron chi connectivity index (χ0n) is 12.0. The molecule has 0 saturated heterocycles. The first-order chi connectivity index (χ1) is 7.79. The molecule has 0 bridgehead atoms. The molecule has 1 aromatic heterocycles. The first kappa shape index (κ1) is 14.3. The van der Waals surface area contributed by atoms with E-state index in [1.54, 1.807) is 6.26 Å². The van der Waals surface area contributed by atoms with Gasteiger partial charge in [0.15, 0.2) is 0 Å². The van der Waals surface area contributed by atoms with Crippen LogP contribution in [0.5, 0.6) is 0 Å². The number of furan rings is 1.